The number of nitrogens with two attached hydrogens (primary N) is 1. The minimum Gasteiger partial charge on any atom is -0.399 e. The quantitative estimate of drug-likeness (QED) is 0.792. The maximum Gasteiger partial charge on any atom is 0.216 e. The van der Waals surface area contributed by atoms with Gasteiger partial charge in [0.25, 0.3) is 0 Å². The van der Waals surface area contributed by atoms with E-state index in [9.17, 15) is 12.8 Å². The van der Waals surface area contributed by atoms with E-state index in [2.05, 4.69) is 20.7 Å². The average Bonchev–Trinajstić information content (AvgIpc) is 2.42. The van der Waals surface area contributed by atoms with Crippen molar-refractivity contribution in [3.05, 3.63) is 63.9 Å². The summed E-state index contributed by atoms with van der Waals surface area (Å²) in [6, 6.07) is 11.0. The molecule has 0 amide bonds. The highest BCUT2D eigenvalue weighted by Crippen LogP contribution is 2.16. The fourth-order valence-corrected chi connectivity index (χ4v) is 3.27. The molecule has 7 heteroatoms. The zero-order chi connectivity index (χ0) is 15.5. The first-order valence-electron chi connectivity index (χ1n) is 6.11. The number of sulfonamides is 1. The van der Waals surface area contributed by atoms with Crippen LogP contribution in [0.2, 0.25) is 0 Å². The fourth-order valence-electron chi connectivity index (χ4n) is 1.75. The van der Waals surface area contributed by atoms with Crippen LogP contribution in [0, 0.1) is 5.82 Å². The highest BCUT2D eigenvalue weighted by molar-refractivity contribution is 9.10. The molecule has 2 aromatic carbocycles. The van der Waals surface area contributed by atoms with Gasteiger partial charge in [-0.2, -0.15) is 0 Å². The molecule has 21 heavy (non-hydrogen) atoms. The number of nitrogen functional groups attached to an aromatic ring is 1. The summed E-state index contributed by atoms with van der Waals surface area (Å²) in [4.78, 5) is 0. The molecule has 0 fully saturated rings. The van der Waals surface area contributed by atoms with Crippen LogP contribution in [0.1, 0.15) is 11.1 Å². The van der Waals surface area contributed by atoms with Gasteiger partial charge in [-0.25, -0.2) is 17.5 Å². The van der Waals surface area contributed by atoms with Crippen LogP contribution in [0.3, 0.4) is 0 Å². The molecule has 0 saturated carbocycles. The Morgan fingerprint density at radius 2 is 1.81 bits per heavy atom. The molecule has 0 aliphatic rings. The number of rotatable bonds is 5. The van der Waals surface area contributed by atoms with Gasteiger partial charge in [0, 0.05) is 22.3 Å². The first-order chi connectivity index (χ1) is 9.85. The molecule has 0 bridgehead atoms. The first-order valence-corrected chi connectivity index (χ1v) is 8.56. The van der Waals surface area contributed by atoms with Crippen LogP contribution in [-0.4, -0.2) is 8.42 Å². The van der Waals surface area contributed by atoms with E-state index in [-0.39, 0.29) is 17.9 Å². The predicted molar refractivity (Wildman–Crippen MR) is 84.4 cm³/mol. The van der Waals surface area contributed by atoms with E-state index in [0.29, 0.717) is 15.7 Å². The fraction of sp³-hybridized carbons (Fsp3) is 0.143. The third kappa shape index (κ3) is 4.80. The lowest BCUT2D eigenvalue weighted by atomic mass is 10.2. The van der Waals surface area contributed by atoms with Crippen LogP contribution in [0.15, 0.2) is 46.9 Å². The van der Waals surface area contributed by atoms with E-state index in [1.165, 1.54) is 6.07 Å². The van der Waals surface area contributed by atoms with Crippen molar-refractivity contribution in [2.24, 2.45) is 0 Å². The number of benzene rings is 2. The van der Waals surface area contributed by atoms with Gasteiger partial charge in [-0.3, -0.25) is 0 Å². The Morgan fingerprint density at radius 3 is 2.48 bits per heavy atom. The molecule has 0 saturated heterocycles. The summed E-state index contributed by atoms with van der Waals surface area (Å²) in [6.45, 7) is -0.0947. The number of hydrogen-bond acceptors (Lipinski definition) is 3. The van der Waals surface area contributed by atoms with Crippen LogP contribution in [-0.2, 0) is 22.3 Å². The maximum absolute atomic E-state index is 13.5. The number of anilines is 1. The summed E-state index contributed by atoms with van der Waals surface area (Å²) >= 11 is 3.22. The van der Waals surface area contributed by atoms with Crippen molar-refractivity contribution in [2.45, 2.75) is 12.3 Å². The van der Waals surface area contributed by atoms with Gasteiger partial charge in [0.1, 0.15) is 5.82 Å². The molecule has 112 valence electrons. The number of hydrogen-bond donors (Lipinski definition) is 2. The summed E-state index contributed by atoms with van der Waals surface area (Å²) < 4.78 is 40.6. The van der Waals surface area contributed by atoms with Gasteiger partial charge in [-0.05, 0) is 35.9 Å². The van der Waals surface area contributed by atoms with Crippen molar-refractivity contribution >= 4 is 31.6 Å². The third-order valence-electron chi connectivity index (χ3n) is 2.83. The number of nitrogens with one attached hydrogen (secondary N) is 1. The van der Waals surface area contributed by atoms with Gasteiger partial charge in [0.15, 0.2) is 0 Å². The highest BCUT2D eigenvalue weighted by atomic mass is 79.9. The van der Waals surface area contributed by atoms with E-state index in [1.807, 2.05) is 0 Å². The minimum absolute atomic E-state index is 0.0947. The van der Waals surface area contributed by atoms with Gasteiger partial charge < -0.3 is 5.73 Å². The maximum atomic E-state index is 13.5. The van der Waals surface area contributed by atoms with Crippen LogP contribution < -0.4 is 10.5 Å². The van der Waals surface area contributed by atoms with Gasteiger partial charge in [0.05, 0.1) is 5.75 Å². The SMILES string of the molecule is Nc1ccc(CS(=O)(=O)NCc2cc(Br)ccc2F)cc1. The van der Waals surface area contributed by atoms with Crippen molar-refractivity contribution in [2.75, 3.05) is 5.73 Å². The molecular weight excluding hydrogens is 359 g/mol. The summed E-state index contributed by atoms with van der Waals surface area (Å²) in [5.41, 5.74) is 7.01. The summed E-state index contributed by atoms with van der Waals surface area (Å²) in [5, 5.41) is 0. The first kappa shape index (κ1) is 15.9. The Kier molecular flexibility index (Phi) is 4.97. The van der Waals surface area contributed by atoms with E-state index < -0.39 is 15.8 Å². The summed E-state index contributed by atoms with van der Waals surface area (Å²) in [6.07, 6.45) is 0. The van der Waals surface area contributed by atoms with Crippen LogP contribution in [0.5, 0.6) is 0 Å². The molecule has 2 rings (SSSR count). The normalized spacial score (nSPS) is 11.5. The lowest BCUT2D eigenvalue weighted by molar-refractivity contribution is 0.573. The van der Waals surface area contributed by atoms with Crippen molar-refractivity contribution in [1.82, 2.24) is 4.72 Å². The van der Waals surface area contributed by atoms with Crippen LogP contribution in [0.25, 0.3) is 0 Å². The summed E-state index contributed by atoms with van der Waals surface area (Å²) in [5.74, 6) is -0.628. The molecule has 3 N–H and O–H groups in total. The Hall–Kier alpha value is -1.44. The van der Waals surface area contributed by atoms with Crippen LogP contribution in [0.4, 0.5) is 10.1 Å². The molecule has 0 heterocycles. The molecule has 0 aromatic heterocycles. The standard InChI is InChI=1S/C14H14BrFN2O2S/c15-12-3-6-14(16)11(7-12)8-18-21(19,20)9-10-1-4-13(17)5-2-10/h1-7,18H,8-9,17H2. The smallest absolute Gasteiger partial charge is 0.216 e. The number of halogens is 2. The van der Waals surface area contributed by atoms with Gasteiger partial charge >= 0.3 is 0 Å². The zero-order valence-electron chi connectivity index (χ0n) is 11.0. The molecule has 0 aliphatic carbocycles. The molecular formula is C14H14BrFN2O2S. The Balaban J connectivity index is 2.04. The topological polar surface area (TPSA) is 72.2 Å². The Morgan fingerprint density at radius 1 is 1.14 bits per heavy atom. The monoisotopic (exact) mass is 372 g/mol. The molecule has 0 atom stereocenters. The second-order valence-corrected chi connectivity index (χ2v) is 7.28. The average molecular weight is 373 g/mol. The van der Waals surface area contributed by atoms with Crippen molar-refractivity contribution < 1.29 is 12.8 Å². The molecule has 0 spiro atoms. The van der Waals surface area contributed by atoms with Crippen LogP contribution >= 0.6 is 15.9 Å². The summed E-state index contributed by atoms with van der Waals surface area (Å²) in [7, 11) is -3.55. The molecule has 0 aliphatic heterocycles. The van der Waals surface area contributed by atoms with Crippen molar-refractivity contribution in [3.63, 3.8) is 0 Å². The van der Waals surface area contributed by atoms with E-state index in [1.54, 1.807) is 36.4 Å². The minimum atomic E-state index is -3.55. The zero-order valence-corrected chi connectivity index (χ0v) is 13.4. The molecule has 2 aromatic rings. The Bertz CT molecular complexity index is 733. The van der Waals surface area contributed by atoms with Crippen molar-refractivity contribution in [1.29, 1.82) is 0 Å². The van der Waals surface area contributed by atoms with Gasteiger partial charge in [-0.1, -0.05) is 28.1 Å². The molecule has 4 nitrogen and oxygen atoms in total. The van der Waals surface area contributed by atoms with E-state index in [4.69, 9.17) is 5.73 Å². The molecule has 0 radical (unpaired) electrons. The van der Waals surface area contributed by atoms with Gasteiger partial charge in [0.2, 0.25) is 10.0 Å². The lowest BCUT2D eigenvalue weighted by Gasteiger charge is -2.08. The molecule has 0 unspecified atom stereocenters. The second kappa shape index (κ2) is 6.55. The largest absolute Gasteiger partial charge is 0.399 e. The van der Waals surface area contributed by atoms with E-state index in [0.717, 1.165) is 0 Å². The predicted octanol–water partition coefficient (Wildman–Crippen LogP) is 2.79. The lowest BCUT2D eigenvalue weighted by Crippen LogP contribution is -2.25. The van der Waals surface area contributed by atoms with Gasteiger partial charge in [-0.15, -0.1) is 0 Å². The van der Waals surface area contributed by atoms with Crippen molar-refractivity contribution in [3.8, 4) is 0 Å². The highest BCUT2D eigenvalue weighted by Gasteiger charge is 2.13. The van der Waals surface area contributed by atoms with E-state index >= 15 is 0 Å². The second-order valence-electron chi connectivity index (χ2n) is 4.56. The third-order valence-corrected chi connectivity index (χ3v) is 4.62. The Labute approximate surface area is 131 Å².